The zero-order chi connectivity index (χ0) is 7.33. The Morgan fingerprint density at radius 2 is 0.692 bits per heavy atom. The van der Waals surface area contributed by atoms with Crippen LogP contribution in [-0.4, -0.2) is 46.9 Å². The van der Waals surface area contributed by atoms with Crippen LogP contribution < -0.4 is 0 Å². The van der Waals surface area contributed by atoms with Gasteiger partial charge in [0, 0.05) is 0 Å². The van der Waals surface area contributed by atoms with Crippen LogP contribution in [0, 0.1) is 5.41 Å². The van der Waals surface area contributed by atoms with Gasteiger partial charge in [-0.1, -0.05) is 0 Å². The molecule has 0 aromatic carbocycles. The van der Waals surface area contributed by atoms with Crippen molar-refractivity contribution in [1.82, 2.24) is 0 Å². The van der Waals surface area contributed by atoms with Gasteiger partial charge in [0.05, 0.1) is 31.8 Å². The van der Waals surface area contributed by atoms with Crippen molar-refractivity contribution in [3.63, 3.8) is 0 Å². The Hall–Kier alpha value is 1.000. The lowest BCUT2D eigenvalue weighted by molar-refractivity contribution is -0.0328. The minimum Gasteiger partial charge on any atom is -0.396 e. The first kappa shape index (κ1) is 29.2. The van der Waals surface area contributed by atoms with Crippen molar-refractivity contribution in [2.24, 2.45) is 5.41 Å². The molecule has 0 aromatic rings. The maximum Gasteiger partial charge on any atom is 0.0627 e. The zero-order valence-electron chi connectivity index (χ0n) is 6.75. The van der Waals surface area contributed by atoms with Gasteiger partial charge in [-0.2, -0.15) is 0 Å². The van der Waals surface area contributed by atoms with Crippen LogP contribution in [0.25, 0.3) is 0 Å². The number of halogens is 4. The molecule has 0 bridgehead atoms. The highest BCUT2D eigenvalue weighted by molar-refractivity contribution is 5.86. The maximum absolute atomic E-state index is 8.50. The lowest BCUT2D eigenvalue weighted by atomic mass is 9.93. The van der Waals surface area contributed by atoms with Crippen molar-refractivity contribution >= 4 is 49.6 Å². The molecule has 0 rings (SSSR count). The summed E-state index contributed by atoms with van der Waals surface area (Å²) in [6.45, 7) is -1.62. The molecule has 0 aliphatic carbocycles. The van der Waals surface area contributed by atoms with Crippen molar-refractivity contribution in [2.45, 2.75) is 0 Å². The van der Waals surface area contributed by atoms with Gasteiger partial charge in [0.15, 0.2) is 0 Å². The van der Waals surface area contributed by atoms with Crippen molar-refractivity contribution in [3.8, 4) is 0 Å². The van der Waals surface area contributed by atoms with Crippen molar-refractivity contribution < 1.29 is 20.4 Å². The minimum atomic E-state index is -1.11. The summed E-state index contributed by atoms with van der Waals surface area (Å²) >= 11 is 0. The Kier molecular flexibility index (Phi) is 34.8. The number of aliphatic hydroxyl groups excluding tert-OH is 4. The van der Waals surface area contributed by atoms with E-state index in [0.29, 0.717) is 0 Å². The third-order valence-electron chi connectivity index (χ3n) is 1.34. The molecule has 8 heteroatoms. The largest absolute Gasteiger partial charge is 0.396 e. The van der Waals surface area contributed by atoms with E-state index in [9.17, 15) is 0 Å². The fraction of sp³-hybridized carbons (Fsp3) is 1.00. The topological polar surface area (TPSA) is 80.9 Å². The second-order valence-electron chi connectivity index (χ2n) is 2.13. The van der Waals surface area contributed by atoms with E-state index >= 15 is 0 Å². The van der Waals surface area contributed by atoms with Gasteiger partial charge in [-0.15, -0.1) is 49.6 Å². The monoisotopic (exact) mass is 280 g/mol. The quantitative estimate of drug-likeness (QED) is 0.567. The van der Waals surface area contributed by atoms with Crippen molar-refractivity contribution in [3.05, 3.63) is 0 Å². The van der Waals surface area contributed by atoms with Gasteiger partial charge in [-0.25, -0.2) is 0 Å². The van der Waals surface area contributed by atoms with Gasteiger partial charge < -0.3 is 20.4 Å². The molecule has 0 atom stereocenters. The highest BCUT2D eigenvalue weighted by atomic mass is 35.5. The first-order valence-corrected chi connectivity index (χ1v) is 2.68. The zero-order valence-corrected chi connectivity index (χ0v) is 10.0. The summed E-state index contributed by atoms with van der Waals surface area (Å²) in [5.41, 5.74) is -1.11. The lowest BCUT2D eigenvalue weighted by Crippen LogP contribution is -2.37. The average molecular weight is 282 g/mol. The molecule has 0 heterocycles. The van der Waals surface area contributed by atoms with E-state index in [1.54, 1.807) is 0 Å². The molecular weight excluding hydrogens is 266 g/mol. The van der Waals surface area contributed by atoms with Crippen molar-refractivity contribution in [1.29, 1.82) is 0 Å². The molecule has 0 saturated carbocycles. The number of hydrogen-bond donors (Lipinski definition) is 4. The number of rotatable bonds is 4. The van der Waals surface area contributed by atoms with Gasteiger partial charge in [0.1, 0.15) is 0 Å². The van der Waals surface area contributed by atoms with Crippen LogP contribution in [0.2, 0.25) is 0 Å². The second kappa shape index (κ2) is 15.5. The number of hydrogen-bond acceptors (Lipinski definition) is 4. The number of aliphatic hydroxyl groups is 4. The Labute approximate surface area is 102 Å². The predicted molar refractivity (Wildman–Crippen MR) is 59.8 cm³/mol. The van der Waals surface area contributed by atoms with Crippen LogP contribution in [-0.2, 0) is 0 Å². The first-order chi connectivity index (χ1) is 4.24. The molecule has 0 aliphatic rings. The molecule has 0 spiro atoms. The third-order valence-corrected chi connectivity index (χ3v) is 1.34. The molecule has 0 unspecified atom stereocenters. The Bertz CT molecular complexity index is 63.4. The maximum atomic E-state index is 8.50. The van der Waals surface area contributed by atoms with Gasteiger partial charge in [-0.05, 0) is 0 Å². The molecule has 0 radical (unpaired) electrons. The fourth-order valence-corrected chi connectivity index (χ4v) is 0.300. The smallest absolute Gasteiger partial charge is 0.0627 e. The summed E-state index contributed by atoms with van der Waals surface area (Å²) in [6, 6.07) is 0. The molecule has 0 fully saturated rings. The third kappa shape index (κ3) is 9.31. The van der Waals surface area contributed by atoms with E-state index in [0.717, 1.165) is 0 Å². The normalized spacial score (nSPS) is 8.31. The summed E-state index contributed by atoms with van der Waals surface area (Å²) in [7, 11) is 0. The molecule has 0 aromatic heterocycles. The van der Waals surface area contributed by atoms with E-state index in [1.807, 2.05) is 0 Å². The summed E-state index contributed by atoms with van der Waals surface area (Å²) in [5, 5.41) is 34.0. The van der Waals surface area contributed by atoms with Crippen LogP contribution in [0.3, 0.4) is 0 Å². The highest BCUT2D eigenvalue weighted by Crippen LogP contribution is 2.11. The van der Waals surface area contributed by atoms with Gasteiger partial charge >= 0.3 is 0 Å². The van der Waals surface area contributed by atoms with E-state index in [2.05, 4.69) is 0 Å². The van der Waals surface area contributed by atoms with E-state index in [1.165, 1.54) is 0 Å². The second-order valence-corrected chi connectivity index (χ2v) is 2.13. The summed E-state index contributed by atoms with van der Waals surface area (Å²) in [4.78, 5) is 0. The average Bonchev–Trinajstić information content (AvgIpc) is 1.95. The van der Waals surface area contributed by atoms with Crippen LogP contribution in [0.4, 0.5) is 0 Å². The van der Waals surface area contributed by atoms with Crippen LogP contribution >= 0.6 is 49.6 Å². The fourth-order valence-electron chi connectivity index (χ4n) is 0.300. The van der Waals surface area contributed by atoms with E-state index in [4.69, 9.17) is 20.4 Å². The first-order valence-electron chi connectivity index (χ1n) is 2.68. The van der Waals surface area contributed by atoms with Crippen LogP contribution in [0.5, 0.6) is 0 Å². The van der Waals surface area contributed by atoms with Gasteiger partial charge in [0.2, 0.25) is 0 Å². The van der Waals surface area contributed by atoms with Crippen molar-refractivity contribution in [2.75, 3.05) is 26.4 Å². The predicted octanol–water partition coefficient (Wildman–Crippen LogP) is -0.371. The molecule has 4 nitrogen and oxygen atoms in total. The molecule has 13 heavy (non-hydrogen) atoms. The standard InChI is InChI=1S/C5H12O4.4ClH/c6-1-5(2-7,3-8)4-9;;;;/h6-9H,1-4H2;4*1H. The van der Waals surface area contributed by atoms with E-state index < -0.39 is 31.8 Å². The Morgan fingerprint density at radius 1 is 0.538 bits per heavy atom. The highest BCUT2D eigenvalue weighted by Gasteiger charge is 2.26. The summed E-state index contributed by atoms with van der Waals surface area (Å²) in [5.74, 6) is 0. The molecule has 88 valence electrons. The van der Waals surface area contributed by atoms with Gasteiger partial charge in [-0.3, -0.25) is 0 Å². The Morgan fingerprint density at radius 3 is 0.692 bits per heavy atom. The minimum absolute atomic E-state index is 0. The molecular formula is C5H16Cl4O4. The Balaban J connectivity index is -0.0000000533. The van der Waals surface area contributed by atoms with Crippen LogP contribution in [0.15, 0.2) is 0 Å². The molecule has 0 amide bonds. The molecule has 0 aliphatic heterocycles. The SMILES string of the molecule is Cl.Cl.Cl.Cl.OCC(CO)(CO)CO. The van der Waals surface area contributed by atoms with Gasteiger partial charge in [0.25, 0.3) is 0 Å². The summed E-state index contributed by atoms with van der Waals surface area (Å²) in [6.07, 6.45) is 0. The van der Waals surface area contributed by atoms with E-state index in [-0.39, 0.29) is 49.6 Å². The molecule has 0 saturated heterocycles. The summed E-state index contributed by atoms with van der Waals surface area (Å²) < 4.78 is 0. The lowest BCUT2D eigenvalue weighted by Gasteiger charge is -2.23. The molecule has 4 N–H and O–H groups in total. The van der Waals surface area contributed by atoms with Crippen LogP contribution in [0.1, 0.15) is 0 Å².